The van der Waals surface area contributed by atoms with E-state index in [9.17, 15) is 0 Å². The molecular formula is C20H21ClN4O2. The molecule has 2 heterocycles. The first-order valence-corrected chi connectivity index (χ1v) is 9.20. The highest BCUT2D eigenvalue weighted by molar-refractivity contribution is 6.35. The zero-order valence-corrected chi connectivity index (χ0v) is 16.1. The molecular weight excluding hydrogens is 364 g/mol. The van der Waals surface area contributed by atoms with Gasteiger partial charge in [-0.25, -0.2) is 0 Å². The Morgan fingerprint density at radius 3 is 2.26 bits per heavy atom. The number of hydrogen-bond donors (Lipinski definition) is 0. The maximum atomic E-state index is 6.28. The Hall–Kier alpha value is -2.73. The number of halogens is 1. The van der Waals surface area contributed by atoms with Gasteiger partial charge in [0.1, 0.15) is 17.0 Å². The van der Waals surface area contributed by atoms with Crippen LogP contribution in [0.15, 0.2) is 42.6 Å². The van der Waals surface area contributed by atoms with Crippen LogP contribution < -0.4 is 19.3 Å². The normalized spacial score (nSPS) is 14.5. The SMILES string of the molecule is COc1cc(OC)cc(N2CCN(c3cnnc4c(Cl)cccc34)CC2)c1. The molecule has 7 heteroatoms. The van der Waals surface area contributed by atoms with Crippen LogP contribution in [0.2, 0.25) is 5.02 Å². The van der Waals surface area contributed by atoms with Crippen LogP contribution >= 0.6 is 11.6 Å². The van der Waals surface area contributed by atoms with Crippen LogP contribution in [0, 0.1) is 0 Å². The largest absolute Gasteiger partial charge is 0.497 e. The van der Waals surface area contributed by atoms with Gasteiger partial charge in [-0.3, -0.25) is 0 Å². The summed E-state index contributed by atoms with van der Waals surface area (Å²) in [4.78, 5) is 4.67. The van der Waals surface area contributed by atoms with E-state index in [1.54, 1.807) is 14.2 Å². The van der Waals surface area contributed by atoms with E-state index in [0.717, 1.165) is 60.0 Å². The summed E-state index contributed by atoms with van der Waals surface area (Å²) in [5, 5.41) is 10.0. The lowest BCUT2D eigenvalue weighted by molar-refractivity contribution is 0.394. The van der Waals surface area contributed by atoms with E-state index in [-0.39, 0.29) is 0 Å². The molecule has 6 nitrogen and oxygen atoms in total. The van der Waals surface area contributed by atoms with Gasteiger partial charge in [0.05, 0.1) is 31.1 Å². The van der Waals surface area contributed by atoms with E-state index < -0.39 is 0 Å². The second kappa shape index (κ2) is 7.48. The van der Waals surface area contributed by atoms with Crippen molar-refractivity contribution < 1.29 is 9.47 Å². The van der Waals surface area contributed by atoms with Crippen molar-refractivity contribution in [2.75, 3.05) is 50.2 Å². The predicted octanol–water partition coefficient (Wildman–Crippen LogP) is 3.63. The highest BCUT2D eigenvalue weighted by Gasteiger charge is 2.21. The lowest BCUT2D eigenvalue weighted by Gasteiger charge is -2.37. The number of aromatic nitrogens is 2. The van der Waals surface area contributed by atoms with Crippen LogP contribution in [0.4, 0.5) is 11.4 Å². The zero-order chi connectivity index (χ0) is 18.8. The first kappa shape index (κ1) is 17.7. The third-order valence-electron chi connectivity index (χ3n) is 4.92. The van der Waals surface area contributed by atoms with Crippen molar-refractivity contribution in [3.8, 4) is 11.5 Å². The Morgan fingerprint density at radius 2 is 1.59 bits per heavy atom. The number of ether oxygens (including phenoxy) is 2. The van der Waals surface area contributed by atoms with Gasteiger partial charge in [-0.2, -0.15) is 5.10 Å². The lowest BCUT2D eigenvalue weighted by Crippen LogP contribution is -2.46. The maximum Gasteiger partial charge on any atom is 0.124 e. The molecule has 140 valence electrons. The fraction of sp³-hybridized carbons (Fsp3) is 0.300. The molecule has 1 fully saturated rings. The summed E-state index contributed by atoms with van der Waals surface area (Å²) in [6.45, 7) is 3.54. The molecule has 1 aromatic heterocycles. The van der Waals surface area contributed by atoms with E-state index in [1.807, 2.05) is 42.6 Å². The topological polar surface area (TPSA) is 50.7 Å². The van der Waals surface area contributed by atoms with Gasteiger partial charge in [-0.15, -0.1) is 5.10 Å². The van der Waals surface area contributed by atoms with Gasteiger partial charge in [0.25, 0.3) is 0 Å². The monoisotopic (exact) mass is 384 g/mol. The van der Waals surface area contributed by atoms with Crippen molar-refractivity contribution in [3.63, 3.8) is 0 Å². The molecule has 1 aliphatic heterocycles. The second-order valence-electron chi connectivity index (χ2n) is 6.41. The predicted molar refractivity (Wildman–Crippen MR) is 109 cm³/mol. The number of nitrogens with zero attached hydrogens (tertiary/aromatic N) is 4. The van der Waals surface area contributed by atoms with Crippen LogP contribution in [0.5, 0.6) is 11.5 Å². The van der Waals surface area contributed by atoms with Gasteiger partial charge < -0.3 is 19.3 Å². The van der Waals surface area contributed by atoms with Crippen molar-refractivity contribution in [3.05, 3.63) is 47.6 Å². The summed E-state index contributed by atoms with van der Waals surface area (Å²) in [7, 11) is 3.34. The van der Waals surface area contributed by atoms with E-state index >= 15 is 0 Å². The number of benzene rings is 2. The first-order valence-electron chi connectivity index (χ1n) is 8.82. The molecule has 0 spiro atoms. The van der Waals surface area contributed by atoms with E-state index in [2.05, 4.69) is 20.0 Å². The summed E-state index contributed by atoms with van der Waals surface area (Å²) in [5.74, 6) is 1.59. The molecule has 1 aliphatic rings. The molecule has 0 aliphatic carbocycles. The fourth-order valence-corrected chi connectivity index (χ4v) is 3.68. The summed E-state index contributed by atoms with van der Waals surface area (Å²) >= 11 is 6.28. The van der Waals surface area contributed by atoms with E-state index in [4.69, 9.17) is 21.1 Å². The molecule has 0 N–H and O–H groups in total. The van der Waals surface area contributed by atoms with Crippen LogP contribution in [0.1, 0.15) is 0 Å². The van der Waals surface area contributed by atoms with Crippen molar-refractivity contribution in [1.29, 1.82) is 0 Å². The minimum Gasteiger partial charge on any atom is -0.497 e. The average molecular weight is 385 g/mol. The summed E-state index contributed by atoms with van der Waals surface area (Å²) < 4.78 is 10.8. The molecule has 0 saturated carbocycles. The zero-order valence-electron chi connectivity index (χ0n) is 15.4. The van der Waals surface area contributed by atoms with E-state index in [0.29, 0.717) is 5.02 Å². The smallest absolute Gasteiger partial charge is 0.124 e. The molecule has 0 atom stereocenters. The Bertz CT molecular complexity index is 936. The lowest BCUT2D eigenvalue weighted by atomic mass is 10.1. The van der Waals surface area contributed by atoms with Crippen molar-refractivity contribution in [1.82, 2.24) is 10.2 Å². The summed E-state index contributed by atoms with van der Waals surface area (Å²) in [5.41, 5.74) is 2.92. The highest BCUT2D eigenvalue weighted by Crippen LogP contribution is 2.32. The number of anilines is 2. The third-order valence-corrected chi connectivity index (χ3v) is 5.23. The minimum absolute atomic E-state index is 0.629. The Morgan fingerprint density at radius 1 is 0.926 bits per heavy atom. The van der Waals surface area contributed by atoms with E-state index in [1.165, 1.54) is 0 Å². The van der Waals surface area contributed by atoms with Gasteiger partial charge >= 0.3 is 0 Å². The highest BCUT2D eigenvalue weighted by atomic mass is 35.5. The second-order valence-corrected chi connectivity index (χ2v) is 6.82. The van der Waals surface area contributed by atoms with Crippen molar-refractivity contribution >= 4 is 33.9 Å². The minimum atomic E-state index is 0.629. The molecule has 27 heavy (non-hydrogen) atoms. The molecule has 3 aromatic rings. The molecule has 0 unspecified atom stereocenters. The van der Waals surface area contributed by atoms with Crippen molar-refractivity contribution in [2.45, 2.75) is 0 Å². The molecule has 4 rings (SSSR count). The Balaban J connectivity index is 1.56. The molecule has 1 saturated heterocycles. The van der Waals surface area contributed by atoms with Gasteiger partial charge in [0, 0.05) is 55.5 Å². The standard InChI is InChI=1S/C20H21ClN4O2/c1-26-15-10-14(11-16(12-15)27-2)24-6-8-25(9-7-24)19-13-22-23-20-17(19)4-3-5-18(20)21/h3-5,10-13H,6-9H2,1-2H3. The molecule has 0 bridgehead atoms. The summed E-state index contributed by atoms with van der Waals surface area (Å²) in [6.07, 6.45) is 1.82. The number of rotatable bonds is 4. The molecule has 2 aromatic carbocycles. The van der Waals surface area contributed by atoms with Crippen LogP contribution in [-0.2, 0) is 0 Å². The number of methoxy groups -OCH3 is 2. The third kappa shape index (κ3) is 3.45. The summed E-state index contributed by atoms with van der Waals surface area (Å²) in [6, 6.07) is 11.8. The Labute approximate surface area is 163 Å². The molecule has 0 amide bonds. The average Bonchev–Trinajstić information content (AvgIpc) is 2.73. The molecule has 0 radical (unpaired) electrons. The first-order chi connectivity index (χ1) is 13.2. The maximum absolute atomic E-state index is 6.28. The van der Waals surface area contributed by atoms with Gasteiger partial charge in [-0.1, -0.05) is 23.7 Å². The van der Waals surface area contributed by atoms with Crippen molar-refractivity contribution in [2.24, 2.45) is 0 Å². The van der Waals surface area contributed by atoms with Crippen LogP contribution in [-0.4, -0.2) is 50.6 Å². The van der Waals surface area contributed by atoms with Gasteiger partial charge in [0.2, 0.25) is 0 Å². The van der Waals surface area contributed by atoms with Crippen LogP contribution in [0.3, 0.4) is 0 Å². The quantitative estimate of drug-likeness (QED) is 0.684. The number of hydrogen-bond acceptors (Lipinski definition) is 6. The Kier molecular flexibility index (Phi) is 4.90. The van der Waals surface area contributed by atoms with Gasteiger partial charge in [0.15, 0.2) is 0 Å². The van der Waals surface area contributed by atoms with Gasteiger partial charge in [-0.05, 0) is 6.07 Å². The fourth-order valence-electron chi connectivity index (χ4n) is 3.47. The number of piperazine rings is 1. The number of fused-ring (bicyclic) bond motifs is 1. The van der Waals surface area contributed by atoms with Crippen LogP contribution in [0.25, 0.3) is 10.9 Å².